The summed E-state index contributed by atoms with van der Waals surface area (Å²) in [5, 5.41) is 2.88. The van der Waals surface area contributed by atoms with E-state index in [9.17, 15) is 18.4 Å². The summed E-state index contributed by atoms with van der Waals surface area (Å²) in [7, 11) is 0. The second-order valence-electron chi connectivity index (χ2n) is 6.86. The van der Waals surface area contributed by atoms with E-state index in [1.54, 1.807) is 36.4 Å². The van der Waals surface area contributed by atoms with Gasteiger partial charge in [-0.15, -0.1) is 0 Å². The van der Waals surface area contributed by atoms with Gasteiger partial charge < -0.3 is 16.0 Å². The van der Waals surface area contributed by atoms with Crippen LogP contribution in [0.15, 0.2) is 54.7 Å². The van der Waals surface area contributed by atoms with Crippen molar-refractivity contribution < 1.29 is 18.4 Å². The number of nitrogens with zero attached hydrogens (tertiary/aromatic N) is 3. The first kappa shape index (κ1) is 23.1. The van der Waals surface area contributed by atoms with E-state index in [1.807, 2.05) is 0 Å². The number of carbonyl (C=O) groups is 2. The summed E-state index contributed by atoms with van der Waals surface area (Å²) >= 11 is 6.25. The second-order valence-corrected chi connectivity index (χ2v) is 7.26. The van der Waals surface area contributed by atoms with Gasteiger partial charge in [0.15, 0.2) is 0 Å². The molecule has 2 amide bonds. The molecule has 0 saturated carbocycles. The molecule has 166 valence electrons. The Morgan fingerprint density at radius 1 is 1.19 bits per heavy atom. The number of alkyl halides is 2. The molecule has 0 spiro atoms. The lowest BCUT2D eigenvalue weighted by Crippen LogP contribution is -2.33. The fourth-order valence-electron chi connectivity index (χ4n) is 2.99. The van der Waals surface area contributed by atoms with Crippen LogP contribution in [0.2, 0.25) is 5.02 Å². The van der Waals surface area contributed by atoms with Gasteiger partial charge in [0.1, 0.15) is 5.82 Å². The number of benzene rings is 1. The third kappa shape index (κ3) is 5.76. The largest absolute Gasteiger partial charge is 0.384 e. The van der Waals surface area contributed by atoms with Gasteiger partial charge in [0, 0.05) is 18.7 Å². The molecule has 0 radical (unpaired) electrons. The van der Waals surface area contributed by atoms with Crippen LogP contribution < -0.4 is 16.0 Å². The van der Waals surface area contributed by atoms with Gasteiger partial charge in [0.2, 0.25) is 5.91 Å². The zero-order chi connectivity index (χ0) is 23.3. The molecule has 2 heterocycles. The Kier molecular flexibility index (Phi) is 7.32. The number of pyridine rings is 2. The fourth-order valence-corrected chi connectivity index (χ4v) is 3.27. The first-order valence-corrected chi connectivity index (χ1v) is 9.94. The van der Waals surface area contributed by atoms with Gasteiger partial charge in [-0.3, -0.25) is 14.6 Å². The third-order valence-corrected chi connectivity index (χ3v) is 4.82. The molecule has 10 heteroatoms. The number of halogens is 3. The van der Waals surface area contributed by atoms with Crippen LogP contribution in [-0.4, -0.2) is 34.8 Å². The summed E-state index contributed by atoms with van der Waals surface area (Å²) in [5.41, 5.74) is 7.92. The van der Waals surface area contributed by atoms with Crippen LogP contribution in [-0.2, 0) is 11.3 Å². The fraction of sp³-hybridized carbons (Fsp3) is 0.182. The van der Waals surface area contributed by atoms with Crippen LogP contribution in [0.25, 0.3) is 11.3 Å². The molecule has 7 nitrogen and oxygen atoms in total. The van der Waals surface area contributed by atoms with Crippen LogP contribution in [0.1, 0.15) is 23.0 Å². The number of aromatic nitrogens is 2. The Bertz CT molecular complexity index is 1130. The molecular formula is C22H20ClF2N5O2. The van der Waals surface area contributed by atoms with Crippen LogP contribution in [0, 0.1) is 0 Å². The van der Waals surface area contributed by atoms with Gasteiger partial charge in [-0.1, -0.05) is 23.7 Å². The molecule has 3 aromatic rings. The number of hydrogen-bond acceptors (Lipinski definition) is 5. The Labute approximate surface area is 188 Å². The predicted molar refractivity (Wildman–Crippen MR) is 119 cm³/mol. The second kappa shape index (κ2) is 10.1. The molecule has 0 bridgehead atoms. The number of nitrogens with one attached hydrogen (secondary N) is 1. The van der Waals surface area contributed by atoms with Crippen molar-refractivity contribution in [2.75, 3.05) is 17.2 Å². The standard InChI is InChI=1S/C22H20ClF2N5O2/c1-13(31)30(12-20(24)25)19-8-6-14(9-17(19)23)18-7-5-15(10-27-18)22(32)28-11-16-3-2-4-21(26)29-16/h2-10,20H,11-12H2,1H3,(H2,26,29)(H,28,32). The van der Waals surface area contributed by atoms with Crippen LogP contribution in [0.5, 0.6) is 0 Å². The Hall–Kier alpha value is -3.59. The van der Waals surface area contributed by atoms with Crippen molar-refractivity contribution in [1.29, 1.82) is 0 Å². The van der Waals surface area contributed by atoms with Crippen molar-refractivity contribution in [3.05, 3.63) is 71.0 Å². The SMILES string of the molecule is CC(=O)N(CC(F)F)c1ccc(-c2ccc(C(=O)NCc3cccc(N)n3)cn2)cc1Cl. The summed E-state index contributed by atoms with van der Waals surface area (Å²) in [5.74, 6) is -0.499. The van der Waals surface area contributed by atoms with Crippen LogP contribution in [0.3, 0.4) is 0 Å². The molecule has 3 N–H and O–H groups in total. The number of hydrogen-bond donors (Lipinski definition) is 2. The molecule has 0 unspecified atom stereocenters. The summed E-state index contributed by atoms with van der Waals surface area (Å²) < 4.78 is 25.6. The van der Waals surface area contributed by atoms with Gasteiger partial charge in [-0.05, 0) is 36.4 Å². The van der Waals surface area contributed by atoms with Crippen LogP contribution in [0.4, 0.5) is 20.3 Å². The molecular weight excluding hydrogens is 440 g/mol. The van der Waals surface area contributed by atoms with Gasteiger partial charge in [0.05, 0.1) is 40.8 Å². The predicted octanol–water partition coefficient (Wildman–Crippen LogP) is 3.93. The highest BCUT2D eigenvalue weighted by atomic mass is 35.5. The average molecular weight is 460 g/mol. The molecule has 0 aliphatic heterocycles. The first-order valence-electron chi connectivity index (χ1n) is 9.56. The van der Waals surface area contributed by atoms with Crippen molar-refractivity contribution in [1.82, 2.24) is 15.3 Å². The number of amides is 2. The number of carbonyl (C=O) groups excluding carboxylic acids is 2. The van der Waals surface area contributed by atoms with Crippen molar-refractivity contribution >= 4 is 34.9 Å². The van der Waals surface area contributed by atoms with Gasteiger partial charge >= 0.3 is 0 Å². The van der Waals surface area contributed by atoms with Gasteiger partial charge in [0.25, 0.3) is 12.3 Å². The van der Waals surface area contributed by atoms with Crippen molar-refractivity contribution in [3.8, 4) is 11.3 Å². The number of nitrogen functional groups attached to an aromatic ring is 1. The molecule has 2 aromatic heterocycles. The topological polar surface area (TPSA) is 101 Å². The van der Waals surface area contributed by atoms with Crippen molar-refractivity contribution in [2.24, 2.45) is 0 Å². The molecule has 32 heavy (non-hydrogen) atoms. The highest BCUT2D eigenvalue weighted by Gasteiger charge is 2.20. The lowest BCUT2D eigenvalue weighted by molar-refractivity contribution is -0.117. The Morgan fingerprint density at radius 3 is 2.56 bits per heavy atom. The van der Waals surface area contributed by atoms with E-state index in [-0.39, 0.29) is 23.2 Å². The number of rotatable bonds is 7. The molecule has 0 saturated heterocycles. The average Bonchev–Trinajstić information content (AvgIpc) is 2.76. The summed E-state index contributed by atoms with van der Waals surface area (Å²) in [6.45, 7) is 0.663. The number of anilines is 2. The minimum absolute atomic E-state index is 0.136. The van der Waals surface area contributed by atoms with E-state index < -0.39 is 18.9 Å². The maximum Gasteiger partial charge on any atom is 0.256 e. The van der Waals surface area contributed by atoms with E-state index in [0.29, 0.717) is 28.3 Å². The van der Waals surface area contributed by atoms with E-state index in [4.69, 9.17) is 17.3 Å². The highest BCUT2D eigenvalue weighted by molar-refractivity contribution is 6.34. The summed E-state index contributed by atoms with van der Waals surface area (Å²) in [4.78, 5) is 33.4. The van der Waals surface area contributed by atoms with E-state index in [0.717, 1.165) is 4.90 Å². The molecule has 0 fully saturated rings. The third-order valence-electron chi connectivity index (χ3n) is 4.52. The number of nitrogens with two attached hydrogens (primary N) is 1. The molecule has 0 aliphatic rings. The van der Waals surface area contributed by atoms with Crippen LogP contribution >= 0.6 is 11.6 Å². The maximum atomic E-state index is 12.8. The quantitative estimate of drug-likeness (QED) is 0.557. The molecule has 1 aromatic carbocycles. The summed E-state index contributed by atoms with van der Waals surface area (Å²) in [6, 6.07) is 13.0. The van der Waals surface area contributed by atoms with Crippen molar-refractivity contribution in [3.63, 3.8) is 0 Å². The maximum absolute atomic E-state index is 12.8. The smallest absolute Gasteiger partial charge is 0.256 e. The molecule has 0 atom stereocenters. The first-order chi connectivity index (χ1) is 15.2. The minimum atomic E-state index is -2.69. The lowest BCUT2D eigenvalue weighted by atomic mass is 10.1. The summed E-state index contributed by atoms with van der Waals surface area (Å²) in [6.07, 6.45) is -1.28. The Morgan fingerprint density at radius 2 is 1.97 bits per heavy atom. The zero-order valence-electron chi connectivity index (χ0n) is 17.1. The van der Waals surface area contributed by atoms with Gasteiger partial charge in [-0.2, -0.15) is 0 Å². The minimum Gasteiger partial charge on any atom is -0.384 e. The van der Waals surface area contributed by atoms with Crippen molar-refractivity contribution in [2.45, 2.75) is 19.9 Å². The van der Waals surface area contributed by atoms with Gasteiger partial charge in [-0.25, -0.2) is 13.8 Å². The normalized spacial score (nSPS) is 10.8. The highest BCUT2D eigenvalue weighted by Crippen LogP contribution is 2.31. The monoisotopic (exact) mass is 459 g/mol. The Balaban J connectivity index is 1.72. The molecule has 0 aliphatic carbocycles. The van der Waals surface area contributed by atoms with E-state index in [1.165, 1.54) is 25.3 Å². The van der Waals surface area contributed by atoms with E-state index >= 15 is 0 Å². The molecule has 3 rings (SSSR count). The zero-order valence-corrected chi connectivity index (χ0v) is 17.8. The lowest BCUT2D eigenvalue weighted by Gasteiger charge is -2.22. The van der Waals surface area contributed by atoms with E-state index in [2.05, 4.69) is 15.3 Å².